The molecule has 0 saturated carbocycles. The van der Waals surface area contributed by atoms with Crippen molar-refractivity contribution in [1.29, 1.82) is 0 Å². The van der Waals surface area contributed by atoms with Crippen molar-refractivity contribution in [2.45, 2.75) is 11.8 Å². The van der Waals surface area contributed by atoms with E-state index in [2.05, 4.69) is 15.8 Å². The zero-order chi connectivity index (χ0) is 17.0. The van der Waals surface area contributed by atoms with Crippen molar-refractivity contribution in [3.05, 3.63) is 59.4 Å². The third kappa shape index (κ3) is 4.36. The highest BCUT2D eigenvalue weighted by atomic mass is 32.2. The lowest BCUT2D eigenvalue weighted by Gasteiger charge is -2.08. The van der Waals surface area contributed by atoms with E-state index in [0.717, 1.165) is 6.26 Å². The summed E-state index contributed by atoms with van der Waals surface area (Å²) in [6.45, 7) is 1.74. The number of carbonyl (C=O) groups is 2. The Bertz CT molecular complexity index is 863. The molecule has 2 aromatic rings. The van der Waals surface area contributed by atoms with Gasteiger partial charge in [-0.1, -0.05) is 12.1 Å². The summed E-state index contributed by atoms with van der Waals surface area (Å²) in [5.41, 5.74) is 5.40. The minimum atomic E-state index is -3.42. The summed E-state index contributed by atoms with van der Waals surface area (Å²) < 4.78 is 23.0. The van der Waals surface area contributed by atoms with Crippen molar-refractivity contribution in [1.82, 2.24) is 15.8 Å². The van der Waals surface area contributed by atoms with Crippen LogP contribution in [0.1, 0.15) is 26.5 Å². The van der Waals surface area contributed by atoms with Gasteiger partial charge in [-0.05, 0) is 37.3 Å². The fraction of sp³-hybridized carbons (Fsp3) is 0.133. The molecule has 120 valence electrons. The number of hydrogen-bond acceptors (Lipinski definition) is 5. The Morgan fingerprint density at radius 2 is 1.65 bits per heavy atom. The first-order valence-corrected chi connectivity index (χ1v) is 8.51. The number of carbonyl (C=O) groups excluding carboxylic acids is 2. The predicted octanol–water partition coefficient (Wildman–Crippen LogP) is 0.868. The molecule has 2 amide bonds. The topological polar surface area (TPSA) is 105 Å². The molecule has 0 saturated heterocycles. The van der Waals surface area contributed by atoms with Gasteiger partial charge in [-0.25, -0.2) is 13.4 Å². The first-order valence-electron chi connectivity index (χ1n) is 6.62. The molecule has 0 fully saturated rings. The normalized spacial score (nSPS) is 10.9. The van der Waals surface area contributed by atoms with Gasteiger partial charge in [0.15, 0.2) is 9.84 Å². The van der Waals surface area contributed by atoms with Crippen LogP contribution in [0, 0.1) is 6.92 Å². The van der Waals surface area contributed by atoms with Crippen LogP contribution in [-0.4, -0.2) is 31.5 Å². The van der Waals surface area contributed by atoms with Gasteiger partial charge in [0, 0.05) is 17.5 Å². The van der Waals surface area contributed by atoms with E-state index in [-0.39, 0.29) is 16.2 Å². The van der Waals surface area contributed by atoms with Crippen molar-refractivity contribution in [3.63, 3.8) is 0 Å². The fourth-order valence-electron chi connectivity index (χ4n) is 1.79. The predicted molar refractivity (Wildman–Crippen MR) is 83.5 cm³/mol. The first-order chi connectivity index (χ1) is 10.8. The zero-order valence-electron chi connectivity index (χ0n) is 12.5. The van der Waals surface area contributed by atoms with Gasteiger partial charge < -0.3 is 0 Å². The van der Waals surface area contributed by atoms with Crippen LogP contribution in [0.3, 0.4) is 0 Å². The van der Waals surface area contributed by atoms with Crippen LogP contribution >= 0.6 is 0 Å². The minimum Gasteiger partial charge on any atom is -0.267 e. The summed E-state index contributed by atoms with van der Waals surface area (Å²) >= 11 is 0. The molecule has 0 aliphatic heterocycles. The summed E-state index contributed by atoms with van der Waals surface area (Å²) in [6, 6.07) is 10.5. The maximum atomic E-state index is 12.0. The monoisotopic (exact) mass is 333 g/mol. The van der Waals surface area contributed by atoms with Gasteiger partial charge in [-0.2, -0.15) is 0 Å². The van der Waals surface area contributed by atoms with Gasteiger partial charge in [-0.3, -0.25) is 20.4 Å². The van der Waals surface area contributed by atoms with E-state index < -0.39 is 21.7 Å². The van der Waals surface area contributed by atoms with E-state index in [4.69, 9.17) is 0 Å². The van der Waals surface area contributed by atoms with Crippen molar-refractivity contribution >= 4 is 21.7 Å². The number of aromatic nitrogens is 1. The van der Waals surface area contributed by atoms with Crippen molar-refractivity contribution in [3.8, 4) is 0 Å². The molecular formula is C15H15N3O4S. The van der Waals surface area contributed by atoms with Crippen molar-refractivity contribution in [2.24, 2.45) is 0 Å². The second kappa shape index (κ2) is 6.57. The number of pyridine rings is 1. The van der Waals surface area contributed by atoms with Gasteiger partial charge in [0.05, 0.1) is 4.90 Å². The lowest BCUT2D eigenvalue weighted by atomic mass is 10.2. The molecule has 7 nitrogen and oxygen atoms in total. The first kappa shape index (κ1) is 16.6. The lowest BCUT2D eigenvalue weighted by Crippen LogP contribution is -2.42. The van der Waals surface area contributed by atoms with Crippen molar-refractivity contribution in [2.75, 3.05) is 6.26 Å². The van der Waals surface area contributed by atoms with Gasteiger partial charge in [0.2, 0.25) is 0 Å². The molecule has 0 bridgehead atoms. The van der Waals surface area contributed by atoms with E-state index in [0.29, 0.717) is 5.69 Å². The number of nitrogens with one attached hydrogen (secondary N) is 2. The van der Waals surface area contributed by atoms with Gasteiger partial charge in [0.25, 0.3) is 11.8 Å². The molecular weight excluding hydrogens is 318 g/mol. The third-order valence-corrected chi connectivity index (χ3v) is 4.05. The molecule has 2 N–H and O–H groups in total. The van der Waals surface area contributed by atoms with Gasteiger partial charge in [-0.15, -0.1) is 0 Å². The van der Waals surface area contributed by atoms with Crippen LogP contribution in [0.25, 0.3) is 0 Å². The minimum absolute atomic E-state index is 0.0248. The molecule has 1 heterocycles. The standard InChI is InChI=1S/C15H15N3O4S/c1-10-5-3-8-13(16-10)15(20)18-17-14(19)11-6-4-7-12(9-11)23(2,21)22/h3-9H,1-2H3,(H,17,19)(H,18,20). The summed E-state index contributed by atoms with van der Waals surface area (Å²) in [7, 11) is -3.42. The summed E-state index contributed by atoms with van der Waals surface area (Å²) in [5.74, 6) is -1.20. The lowest BCUT2D eigenvalue weighted by molar-refractivity contribution is 0.0843. The summed E-state index contributed by atoms with van der Waals surface area (Å²) in [4.78, 5) is 27.9. The number of hydrogen-bond donors (Lipinski definition) is 2. The maximum absolute atomic E-state index is 12.0. The Hall–Kier alpha value is -2.74. The van der Waals surface area contributed by atoms with Crippen LogP contribution in [-0.2, 0) is 9.84 Å². The number of benzene rings is 1. The molecule has 8 heteroatoms. The van der Waals surface area contributed by atoms with E-state index in [1.54, 1.807) is 19.1 Å². The Morgan fingerprint density at radius 1 is 1.00 bits per heavy atom. The fourth-order valence-corrected chi connectivity index (χ4v) is 2.45. The molecule has 0 radical (unpaired) electrons. The Labute approximate surface area is 133 Å². The summed E-state index contributed by atoms with van der Waals surface area (Å²) in [5, 5.41) is 0. The summed E-state index contributed by atoms with van der Waals surface area (Å²) in [6.07, 6.45) is 1.05. The van der Waals surface area contributed by atoms with E-state index in [1.807, 2.05) is 0 Å². The quantitative estimate of drug-likeness (QED) is 0.811. The number of aryl methyl sites for hydroxylation is 1. The highest BCUT2D eigenvalue weighted by Crippen LogP contribution is 2.11. The highest BCUT2D eigenvalue weighted by Gasteiger charge is 2.13. The SMILES string of the molecule is Cc1cccc(C(=O)NNC(=O)c2cccc(S(C)(=O)=O)c2)n1. The second-order valence-electron chi connectivity index (χ2n) is 4.87. The molecule has 0 aliphatic rings. The van der Waals surface area contributed by atoms with Crippen molar-refractivity contribution < 1.29 is 18.0 Å². The third-order valence-electron chi connectivity index (χ3n) is 2.93. The molecule has 2 rings (SSSR count). The number of amides is 2. The second-order valence-corrected chi connectivity index (χ2v) is 6.89. The Balaban J connectivity index is 2.07. The van der Waals surface area contributed by atoms with Crippen LogP contribution < -0.4 is 10.9 Å². The van der Waals surface area contributed by atoms with Crippen LogP contribution in [0.5, 0.6) is 0 Å². The van der Waals surface area contributed by atoms with Gasteiger partial charge in [0.1, 0.15) is 5.69 Å². The highest BCUT2D eigenvalue weighted by molar-refractivity contribution is 7.90. The molecule has 0 atom stereocenters. The Kier molecular flexibility index (Phi) is 4.75. The van der Waals surface area contributed by atoms with E-state index in [9.17, 15) is 18.0 Å². The zero-order valence-corrected chi connectivity index (χ0v) is 13.3. The number of hydrazine groups is 1. The smallest absolute Gasteiger partial charge is 0.267 e. The van der Waals surface area contributed by atoms with E-state index in [1.165, 1.54) is 30.3 Å². The molecule has 1 aromatic heterocycles. The average Bonchev–Trinajstić information content (AvgIpc) is 2.51. The largest absolute Gasteiger partial charge is 0.288 e. The number of sulfone groups is 1. The molecule has 23 heavy (non-hydrogen) atoms. The maximum Gasteiger partial charge on any atom is 0.288 e. The molecule has 0 unspecified atom stereocenters. The molecule has 0 spiro atoms. The number of rotatable bonds is 3. The van der Waals surface area contributed by atoms with Crippen LogP contribution in [0.2, 0.25) is 0 Å². The van der Waals surface area contributed by atoms with E-state index >= 15 is 0 Å². The number of nitrogens with zero attached hydrogens (tertiary/aromatic N) is 1. The van der Waals surface area contributed by atoms with Crippen LogP contribution in [0.4, 0.5) is 0 Å². The van der Waals surface area contributed by atoms with Crippen LogP contribution in [0.15, 0.2) is 47.4 Å². The average molecular weight is 333 g/mol. The molecule has 0 aliphatic carbocycles. The molecule has 1 aromatic carbocycles. The Morgan fingerprint density at radius 3 is 2.30 bits per heavy atom. The van der Waals surface area contributed by atoms with Gasteiger partial charge >= 0.3 is 0 Å².